The van der Waals surface area contributed by atoms with E-state index in [2.05, 4.69) is 5.32 Å². The van der Waals surface area contributed by atoms with E-state index in [4.69, 9.17) is 0 Å². The fourth-order valence-electron chi connectivity index (χ4n) is 2.34. The fraction of sp³-hybridized carbons (Fsp3) is 0.600. The average molecular weight is 314 g/mol. The molecule has 1 aliphatic carbocycles. The number of sulfonamides is 1. The van der Waals surface area contributed by atoms with Crippen molar-refractivity contribution in [2.45, 2.75) is 44.2 Å². The van der Waals surface area contributed by atoms with E-state index in [1.54, 1.807) is 13.1 Å². The van der Waals surface area contributed by atoms with Crippen LogP contribution in [-0.2, 0) is 16.6 Å². The van der Waals surface area contributed by atoms with Gasteiger partial charge in [-0.15, -0.1) is 0 Å². The van der Waals surface area contributed by atoms with E-state index >= 15 is 0 Å². The number of halogens is 1. The molecule has 118 valence electrons. The van der Waals surface area contributed by atoms with Crippen LogP contribution in [-0.4, -0.2) is 32.4 Å². The SMILES string of the molecule is CNCc1ccc(S(=O)(=O)N(CC2CC2)C(C)C)c(F)c1. The molecule has 6 heteroatoms. The van der Waals surface area contributed by atoms with Crippen LogP contribution in [0.15, 0.2) is 23.1 Å². The van der Waals surface area contributed by atoms with Gasteiger partial charge < -0.3 is 5.32 Å². The summed E-state index contributed by atoms with van der Waals surface area (Å²) in [6.07, 6.45) is 2.12. The van der Waals surface area contributed by atoms with Gasteiger partial charge >= 0.3 is 0 Å². The van der Waals surface area contributed by atoms with Crippen LogP contribution >= 0.6 is 0 Å². The second-order valence-corrected chi connectivity index (χ2v) is 7.77. The van der Waals surface area contributed by atoms with Crippen LogP contribution in [0.1, 0.15) is 32.3 Å². The molecule has 21 heavy (non-hydrogen) atoms. The van der Waals surface area contributed by atoms with Crippen molar-refractivity contribution >= 4 is 10.0 Å². The Morgan fingerprint density at radius 1 is 1.38 bits per heavy atom. The summed E-state index contributed by atoms with van der Waals surface area (Å²) in [4.78, 5) is -0.225. The highest BCUT2D eigenvalue weighted by molar-refractivity contribution is 7.89. The fourth-order valence-corrected chi connectivity index (χ4v) is 4.10. The third-order valence-corrected chi connectivity index (χ3v) is 5.75. The molecule has 0 aliphatic heterocycles. The monoisotopic (exact) mass is 314 g/mol. The molecule has 1 aliphatic rings. The van der Waals surface area contributed by atoms with Crippen molar-refractivity contribution in [2.75, 3.05) is 13.6 Å². The van der Waals surface area contributed by atoms with Gasteiger partial charge in [-0.3, -0.25) is 0 Å². The highest BCUT2D eigenvalue weighted by Gasteiger charge is 2.34. The van der Waals surface area contributed by atoms with E-state index in [9.17, 15) is 12.8 Å². The van der Waals surface area contributed by atoms with Crippen molar-refractivity contribution in [3.05, 3.63) is 29.6 Å². The molecule has 0 bridgehead atoms. The maximum absolute atomic E-state index is 14.2. The normalized spacial score (nSPS) is 15.9. The van der Waals surface area contributed by atoms with Crippen LogP contribution in [0.4, 0.5) is 4.39 Å². The van der Waals surface area contributed by atoms with Gasteiger partial charge in [0.15, 0.2) is 0 Å². The summed E-state index contributed by atoms with van der Waals surface area (Å²) in [5.74, 6) is -0.252. The van der Waals surface area contributed by atoms with Gasteiger partial charge in [0.05, 0.1) is 0 Å². The number of hydrogen-bond acceptors (Lipinski definition) is 3. The second-order valence-electron chi connectivity index (χ2n) is 5.91. The Morgan fingerprint density at radius 2 is 2.05 bits per heavy atom. The van der Waals surface area contributed by atoms with Crippen LogP contribution in [0.2, 0.25) is 0 Å². The number of hydrogen-bond donors (Lipinski definition) is 1. The molecule has 0 aromatic heterocycles. The summed E-state index contributed by atoms with van der Waals surface area (Å²) in [5, 5.41) is 2.92. The van der Waals surface area contributed by atoms with Crippen molar-refractivity contribution in [1.29, 1.82) is 0 Å². The zero-order valence-electron chi connectivity index (χ0n) is 12.8. The molecule has 4 nitrogen and oxygen atoms in total. The molecule has 1 fully saturated rings. The topological polar surface area (TPSA) is 49.4 Å². The number of benzene rings is 1. The molecular weight excluding hydrogens is 291 g/mol. The van der Waals surface area contributed by atoms with E-state index in [-0.39, 0.29) is 10.9 Å². The van der Waals surface area contributed by atoms with Gasteiger partial charge in [-0.25, -0.2) is 12.8 Å². The summed E-state index contributed by atoms with van der Waals surface area (Å²) in [5.41, 5.74) is 0.729. The third kappa shape index (κ3) is 3.81. The van der Waals surface area contributed by atoms with Gasteiger partial charge in [-0.05, 0) is 57.4 Å². The molecule has 0 heterocycles. The van der Waals surface area contributed by atoms with E-state index < -0.39 is 15.8 Å². The van der Waals surface area contributed by atoms with Gasteiger partial charge in [0.25, 0.3) is 0 Å². The highest BCUT2D eigenvalue weighted by Crippen LogP contribution is 2.33. The van der Waals surface area contributed by atoms with E-state index in [1.165, 1.54) is 16.4 Å². The average Bonchev–Trinajstić information content (AvgIpc) is 3.19. The summed E-state index contributed by atoms with van der Waals surface area (Å²) >= 11 is 0. The Kier molecular flexibility index (Phi) is 5.01. The van der Waals surface area contributed by atoms with Crippen LogP contribution < -0.4 is 5.32 Å². The van der Waals surface area contributed by atoms with E-state index in [0.29, 0.717) is 19.0 Å². The Morgan fingerprint density at radius 3 is 2.52 bits per heavy atom. The van der Waals surface area contributed by atoms with Crippen molar-refractivity contribution in [2.24, 2.45) is 5.92 Å². The van der Waals surface area contributed by atoms with Crippen LogP contribution in [0.3, 0.4) is 0 Å². The molecule has 0 amide bonds. The molecule has 1 aromatic carbocycles. The molecule has 2 rings (SSSR count). The lowest BCUT2D eigenvalue weighted by atomic mass is 10.2. The predicted octanol–water partition coefficient (Wildman–Crippen LogP) is 2.35. The molecule has 0 radical (unpaired) electrons. The maximum atomic E-state index is 14.2. The molecule has 0 atom stereocenters. The standard InChI is InChI=1S/C15H23FN2O2S/c1-11(2)18(10-12-4-5-12)21(19,20)15-7-6-13(9-17-3)8-14(15)16/h6-8,11-12,17H,4-5,9-10H2,1-3H3. The van der Waals surface area contributed by atoms with Gasteiger partial charge in [0.1, 0.15) is 10.7 Å². The minimum Gasteiger partial charge on any atom is -0.316 e. The Hall–Kier alpha value is -0.980. The first kappa shape index (κ1) is 16.4. The van der Waals surface area contributed by atoms with Crippen molar-refractivity contribution < 1.29 is 12.8 Å². The Bertz CT molecular complexity index is 598. The Balaban J connectivity index is 2.32. The number of nitrogens with zero attached hydrogens (tertiary/aromatic N) is 1. The molecule has 0 spiro atoms. The molecule has 1 saturated carbocycles. The number of rotatable bonds is 7. The molecule has 0 unspecified atom stereocenters. The van der Waals surface area contributed by atoms with Crippen LogP contribution in [0, 0.1) is 11.7 Å². The second kappa shape index (κ2) is 6.42. The smallest absolute Gasteiger partial charge is 0.246 e. The largest absolute Gasteiger partial charge is 0.316 e. The zero-order chi connectivity index (χ0) is 15.6. The lowest BCUT2D eigenvalue weighted by Gasteiger charge is -2.26. The van der Waals surface area contributed by atoms with Crippen LogP contribution in [0.5, 0.6) is 0 Å². The Labute approximate surface area is 126 Å². The zero-order valence-corrected chi connectivity index (χ0v) is 13.6. The van der Waals surface area contributed by atoms with Gasteiger partial charge in [0.2, 0.25) is 10.0 Å². The first-order chi connectivity index (χ1) is 9.86. The minimum absolute atomic E-state index is 0.174. The van der Waals surface area contributed by atoms with Crippen molar-refractivity contribution in [1.82, 2.24) is 9.62 Å². The minimum atomic E-state index is -3.78. The molecule has 0 saturated heterocycles. The van der Waals surface area contributed by atoms with Gasteiger partial charge in [-0.2, -0.15) is 4.31 Å². The van der Waals surface area contributed by atoms with Gasteiger partial charge in [0, 0.05) is 19.1 Å². The molecular formula is C15H23FN2O2S. The van der Waals surface area contributed by atoms with E-state index in [0.717, 1.165) is 18.4 Å². The first-order valence-electron chi connectivity index (χ1n) is 7.31. The van der Waals surface area contributed by atoms with Crippen molar-refractivity contribution in [3.63, 3.8) is 0 Å². The molecule has 1 aromatic rings. The highest BCUT2D eigenvalue weighted by atomic mass is 32.2. The summed E-state index contributed by atoms with van der Waals surface area (Å²) < 4.78 is 41.0. The predicted molar refractivity (Wildman–Crippen MR) is 80.9 cm³/mol. The third-order valence-electron chi connectivity index (χ3n) is 3.67. The summed E-state index contributed by atoms with van der Waals surface area (Å²) in [6.45, 7) is 4.64. The number of nitrogens with one attached hydrogen (secondary N) is 1. The van der Waals surface area contributed by atoms with Gasteiger partial charge in [-0.1, -0.05) is 6.07 Å². The lowest BCUT2D eigenvalue weighted by molar-refractivity contribution is 0.340. The maximum Gasteiger partial charge on any atom is 0.246 e. The summed E-state index contributed by atoms with van der Waals surface area (Å²) in [7, 11) is -2.02. The van der Waals surface area contributed by atoms with Crippen molar-refractivity contribution in [3.8, 4) is 0 Å². The van der Waals surface area contributed by atoms with Crippen LogP contribution in [0.25, 0.3) is 0 Å². The molecule has 1 N–H and O–H groups in total. The lowest BCUT2D eigenvalue weighted by Crippen LogP contribution is -2.38. The first-order valence-corrected chi connectivity index (χ1v) is 8.75. The summed E-state index contributed by atoms with van der Waals surface area (Å²) in [6, 6.07) is 4.15. The van der Waals surface area contributed by atoms with E-state index in [1.807, 2.05) is 13.8 Å². The quantitative estimate of drug-likeness (QED) is 0.840.